The summed E-state index contributed by atoms with van der Waals surface area (Å²) in [7, 11) is 1.68. The van der Waals surface area contributed by atoms with Gasteiger partial charge in [-0.15, -0.1) is 10.2 Å². The van der Waals surface area contributed by atoms with Crippen LogP contribution in [0.5, 0.6) is 11.6 Å². The van der Waals surface area contributed by atoms with Crippen LogP contribution in [0.15, 0.2) is 64.2 Å². The van der Waals surface area contributed by atoms with E-state index in [1.807, 2.05) is 54.8 Å². The molecule has 1 aliphatic rings. The normalized spacial score (nSPS) is 14.8. The molecule has 0 bridgehead atoms. The predicted molar refractivity (Wildman–Crippen MR) is 122 cm³/mol. The highest BCUT2D eigenvalue weighted by Crippen LogP contribution is 2.42. The van der Waals surface area contributed by atoms with Gasteiger partial charge in [0.2, 0.25) is 11.0 Å². The van der Waals surface area contributed by atoms with E-state index >= 15 is 0 Å². The summed E-state index contributed by atoms with van der Waals surface area (Å²) in [6.07, 6.45) is 1.45. The number of benzene rings is 3. The smallest absolute Gasteiger partial charge is 0.247 e. The Morgan fingerprint density at radius 2 is 1.90 bits per heavy atom. The molecule has 0 saturated heterocycles. The molecule has 150 valence electrons. The molecule has 6 nitrogen and oxygen atoms in total. The van der Waals surface area contributed by atoms with Gasteiger partial charge in [-0.3, -0.25) is 0 Å². The summed E-state index contributed by atoms with van der Waals surface area (Å²) in [5.74, 6) is 1.27. The van der Waals surface area contributed by atoms with Crippen LogP contribution in [0.3, 0.4) is 0 Å². The van der Waals surface area contributed by atoms with Crippen LogP contribution in [0.25, 0.3) is 22.0 Å². The number of nitrogens with one attached hydrogen (secondary N) is 1. The number of anilines is 1. The Morgan fingerprint density at radius 3 is 2.70 bits per heavy atom. The molecule has 3 aromatic carbocycles. The molecule has 2 heterocycles. The second-order valence-corrected chi connectivity index (χ2v) is 8.38. The van der Waals surface area contributed by atoms with E-state index in [2.05, 4.69) is 42.5 Å². The average molecular weight is 481 g/mol. The zero-order valence-corrected chi connectivity index (χ0v) is 18.6. The lowest BCUT2D eigenvalue weighted by molar-refractivity contribution is 0.226. The van der Waals surface area contributed by atoms with Gasteiger partial charge in [-0.25, -0.2) is 0 Å². The Hall–Kier alpha value is -2.84. The lowest BCUT2D eigenvalue weighted by Crippen LogP contribution is -2.17. The summed E-state index contributed by atoms with van der Waals surface area (Å²) >= 11 is 4.98. The Bertz CT molecular complexity index is 1270. The van der Waals surface area contributed by atoms with E-state index in [9.17, 15) is 0 Å². The van der Waals surface area contributed by atoms with E-state index in [-0.39, 0.29) is 0 Å². The van der Waals surface area contributed by atoms with Gasteiger partial charge in [0.15, 0.2) is 11.9 Å². The van der Waals surface area contributed by atoms with Crippen molar-refractivity contribution in [2.75, 3.05) is 18.7 Å². The topological polar surface area (TPSA) is 69.2 Å². The van der Waals surface area contributed by atoms with Crippen LogP contribution < -0.4 is 14.8 Å². The van der Waals surface area contributed by atoms with Gasteiger partial charge in [0.25, 0.3) is 0 Å². The first-order chi connectivity index (χ1) is 14.7. The third-order valence-corrected chi connectivity index (χ3v) is 6.02. The molecule has 30 heavy (non-hydrogen) atoms. The molecule has 5 rings (SSSR count). The number of methoxy groups -OCH3 is 1. The summed E-state index contributed by atoms with van der Waals surface area (Å²) in [6.45, 7) is 0. The Morgan fingerprint density at radius 1 is 1.07 bits per heavy atom. The van der Waals surface area contributed by atoms with Crippen LogP contribution >= 0.6 is 27.7 Å². The number of fused-ring (bicyclic) bond motifs is 4. The van der Waals surface area contributed by atoms with Gasteiger partial charge >= 0.3 is 0 Å². The fourth-order valence-corrected chi connectivity index (χ4v) is 4.26. The lowest BCUT2D eigenvalue weighted by Gasteiger charge is -2.21. The second kappa shape index (κ2) is 7.77. The van der Waals surface area contributed by atoms with Crippen molar-refractivity contribution in [1.82, 2.24) is 15.2 Å². The number of hydrogen-bond acceptors (Lipinski definition) is 7. The van der Waals surface area contributed by atoms with Crippen molar-refractivity contribution in [3.8, 4) is 22.9 Å². The standard InChI is InChI=1S/C22H17BrN4O2S/c1-28-18-10-8-15(13-5-3-4-6-14(13)18)20-24-17-9-7-12(23)11-16(17)19-21(29-20)25-22(30-2)27-26-19/h3-11,20,24H,1-2H3/t20-/m0/s1. The van der Waals surface area contributed by atoms with Crippen LogP contribution in [-0.2, 0) is 0 Å². The molecule has 0 spiro atoms. The van der Waals surface area contributed by atoms with Crippen molar-refractivity contribution in [3.63, 3.8) is 0 Å². The lowest BCUT2D eigenvalue weighted by atomic mass is 10.0. The summed E-state index contributed by atoms with van der Waals surface area (Å²) in [4.78, 5) is 4.60. The zero-order valence-electron chi connectivity index (χ0n) is 16.2. The third kappa shape index (κ3) is 3.26. The molecule has 1 aromatic heterocycles. The molecule has 8 heteroatoms. The molecular formula is C22H17BrN4O2S. The van der Waals surface area contributed by atoms with Crippen LogP contribution in [0.4, 0.5) is 5.69 Å². The first-order valence-corrected chi connectivity index (χ1v) is 11.3. The van der Waals surface area contributed by atoms with E-state index in [4.69, 9.17) is 9.47 Å². The zero-order chi connectivity index (χ0) is 20.7. The quantitative estimate of drug-likeness (QED) is 0.377. The summed E-state index contributed by atoms with van der Waals surface area (Å²) in [5.41, 5.74) is 3.37. The van der Waals surface area contributed by atoms with Gasteiger partial charge in [-0.05, 0) is 42.0 Å². The fraction of sp³-hybridized carbons (Fsp3) is 0.136. The number of hydrogen-bond donors (Lipinski definition) is 1. The van der Waals surface area contributed by atoms with Crippen molar-refractivity contribution < 1.29 is 9.47 Å². The Labute approximate surface area is 186 Å². The van der Waals surface area contributed by atoms with Crippen LogP contribution in [-0.4, -0.2) is 28.5 Å². The highest BCUT2D eigenvalue weighted by Gasteiger charge is 2.27. The van der Waals surface area contributed by atoms with Gasteiger partial charge in [0.1, 0.15) is 5.75 Å². The largest absolute Gasteiger partial charge is 0.496 e. The molecule has 0 unspecified atom stereocenters. The average Bonchev–Trinajstić information content (AvgIpc) is 2.94. The number of nitrogens with zero attached hydrogens (tertiary/aromatic N) is 3. The van der Waals surface area contributed by atoms with Crippen molar-refractivity contribution in [1.29, 1.82) is 0 Å². The van der Waals surface area contributed by atoms with Gasteiger partial charge in [-0.1, -0.05) is 52.0 Å². The Balaban J connectivity index is 1.72. The molecule has 0 saturated carbocycles. The van der Waals surface area contributed by atoms with Gasteiger partial charge in [0.05, 0.1) is 7.11 Å². The Kier molecular flexibility index (Phi) is 4.96. The van der Waals surface area contributed by atoms with Crippen LogP contribution in [0, 0.1) is 0 Å². The molecule has 1 aliphatic heterocycles. The minimum Gasteiger partial charge on any atom is -0.496 e. The SMILES string of the molecule is COc1ccc([C@H]2Nc3ccc(Br)cc3-c3nnc(SC)nc3O2)c2ccccc12. The van der Waals surface area contributed by atoms with Crippen molar-refractivity contribution in [3.05, 3.63) is 64.6 Å². The molecule has 0 amide bonds. The van der Waals surface area contributed by atoms with E-state index in [1.54, 1.807) is 7.11 Å². The van der Waals surface area contributed by atoms with Crippen molar-refractivity contribution in [2.24, 2.45) is 0 Å². The van der Waals surface area contributed by atoms with Crippen LogP contribution in [0.1, 0.15) is 11.8 Å². The molecular weight excluding hydrogens is 464 g/mol. The monoisotopic (exact) mass is 480 g/mol. The van der Waals surface area contributed by atoms with E-state index in [0.29, 0.717) is 16.7 Å². The molecule has 0 fully saturated rings. The number of rotatable bonds is 3. The number of thioether (sulfide) groups is 1. The number of ether oxygens (including phenoxy) is 2. The highest BCUT2D eigenvalue weighted by atomic mass is 79.9. The van der Waals surface area contributed by atoms with E-state index in [1.165, 1.54) is 11.8 Å². The van der Waals surface area contributed by atoms with E-state index < -0.39 is 6.23 Å². The summed E-state index contributed by atoms with van der Waals surface area (Å²) < 4.78 is 12.9. The minimum atomic E-state index is -0.464. The number of aromatic nitrogens is 3. The predicted octanol–water partition coefficient (Wildman–Crippen LogP) is 5.69. The first-order valence-electron chi connectivity index (χ1n) is 9.25. The summed E-state index contributed by atoms with van der Waals surface area (Å²) in [5, 5.41) is 14.8. The molecule has 1 atom stereocenters. The highest BCUT2D eigenvalue weighted by molar-refractivity contribution is 9.10. The van der Waals surface area contributed by atoms with Gasteiger partial charge in [-0.2, -0.15) is 4.98 Å². The number of halogens is 1. The minimum absolute atomic E-state index is 0.448. The van der Waals surface area contributed by atoms with Crippen molar-refractivity contribution in [2.45, 2.75) is 11.4 Å². The second-order valence-electron chi connectivity index (χ2n) is 6.69. The van der Waals surface area contributed by atoms with Crippen molar-refractivity contribution >= 4 is 44.2 Å². The maximum Gasteiger partial charge on any atom is 0.247 e. The first kappa shape index (κ1) is 19.1. The van der Waals surface area contributed by atoms with E-state index in [0.717, 1.165) is 37.8 Å². The summed E-state index contributed by atoms with van der Waals surface area (Å²) in [6, 6.07) is 18.1. The van der Waals surface area contributed by atoms with Gasteiger partial charge < -0.3 is 14.8 Å². The fourth-order valence-electron chi connectivity index (χ4n) is 3.60. The molecule has 0 aliphatic carbocycles. The van der Waals surface area contributed by atoms with Gasteiger partial charge in [0, 0.05) is 26.7 Å². The molecule has 0 radical (unpaired) electrons. The molecule has 4 aromatic rings. The third-order valence-electron chi connectivity index (χ3n) is 4.99. The maximum absolute atomic E-state index is 6.40. The maximum atomic E-state index is 6.40. The molecule has 1 N–H and O–H groups in total. The van der Waals surface area contributed by atoms with Crippen LogP contribution in [0.2, 0.25) is 0 Å².